The molecule has 1 heterocycles. The number of aliphatic hydroxyl groups excluding tert-OH is 1. The van der Waals surface area contributed by atoms with Gasteiger partial charge in [0.2, 0.25) is 11.8 Å². The molecule has 1 saturated heterocycles. The third-order valence-electron chi connectivity index (χ3n) is 10.5. The SMILES string of the molecule is C=CCN(C[C@H]1C[C@@H](c2ccc(CO)cc2)O[C@@H](c2ccc(-c3ccccc3CNC(=O)CCCCC(=O)Nc3ccccc3N)cc2)O1)C1CCCC1. The molecule has 9 heteroatoms. The molecule has 1 aliphatic carbocycles. The fraction of sp³-hybridized carbons (Fsp3) is 0.378. The molecule has 2 aliphatic rings. The Morgan fingerprint density at radius 2 is 1.54 bits per heavy atom. The lowest BCUT2D eigenvalue weighted by molar-refractivity contribution is -0.253. The van der Waals surface area contributed by atoms with Crippen molar-refractivity contribution in [1.29, 1.82) is 0 Å². The summed E-state index contributed by atoms with van der Waals surface area (Å²) in [4.78, 5) is 27.6. The molecule has 284 valence electrons. The van der Waals surface area contributed by atoms with E-state index in [0.717, 1.165) is 52.9 Å². The van der Waals surface area contributed by atoms with Crippen LogP contribution in [-0.4, -0.2) is 47.1 Å². The van der Waals surface area contributed by atoms with Crippen LogP contribution >= 0.6 is 0 Å². The average Bonchev–Trinajstić information content (AvgIpc) is 3.75. The third-order valence-corrected chi connectivity index (χ3v) is 10.5. The molecular formula is C45H54N4O5. The van der Waals surface area contributed by atoms with Crippen LogP contribution in [0.2, 0.25) is 0 Å². The number of carbonyl (C=O) groups is 2. The summed E-state index contributed by atoms with van der Waals surface area (Å²) in [6.45, 7) is 6.10. The van der Waals surface area contributed by atoms with Crippen LogP contribution in [-0.2, 0) is 32.2 Å². The van der Waals surface area contributed by atoms with E-state index in [1.54, 1.807) is 12.1 Å². The summed E-state index contributed by atoms with van der Waals surface area (Å²) in [7, 11) is 0. The maximum Gasteiger partial charge on any atom is 0.224 e. The van der Waals surface area contributed by atoms with Crippen molar-refractivity contribution in [2.24, 2.45) is 0 Å². The second kappa shape index (κ2) is 19.5. The Bertz CT molecular complexity index is 1820. The van der Waals surface area contributed by atoms with Crippen LogP contribution in [0.3, 0.4) is 0 Å². The highest BCUT2D eigenvalue weighted by Gasteiger charge is 2.34. The van der Waals surface area contributed by atoms with E-state index in [4.69, 9.17) is 15.2 Å². The van der Waals surface area contributed by atoms with Gasteiger partial charge in [0.05, 0.1) is 30.2 Å². The molecule has 9 nitrogen and oxygen atoms in total. The lowest BCUT2D eigenvalue weighted by Gasteiger charge is -2.39. The van der Waals surface area contributed by atoms with Gasteiger partial charge in [-0.2, -0.15) is 0 Å². The minimum atomic E-state index is -0.536. The number of nitrogens with zero attached hydrogens (tertiary/aromatic N) is 1. The highest BCUT2D eigenvalue weighted by molar-refractivity contribution is 5.93. The predicted octanol–water partition coefficient (Wildman–Crippen LogP) is 8.22. The number of nitrogens with one attached hydrogen (secondary N) is 2. The van der Waals surface area contributed by atoms with Gasteiger partial charge in [0.25, 0.3) is 0 Å². The van der Waals surface area contributed by atoms with E-state index in [1.807, 2.05) is 48.5 Å². The summed E-state index contributed by atoms with van der Waals surface area (Å²) >= 11 is 0. The zero-order valence-corrected chi connectivity index (χ0v) is 31.1. The van der Waals surface area contributed by atoms with Gasteiger partial charge < -0.3 is 30.9 Å². The number of carbonyl (C=O) groups excluding carboxylic acids is 2. The number of unbranched alkanes of at least 4 members (excludes halogenated alkanes) is 1. The minimum absolute atomic E-state index is 0.00784. The summed E-state index contributed by atoms with van der Waals surface area (Å²) in [6, 6.07) is 32.2. The number of para-hydroxylation sites is 2. The molecule has 1 aliphatic heterocycles. The maximum absolute atomic E-state index is 12.8. The Labute approximate surface area is 319 Å². The van der Waals surface area contributed by atoms with Crippen LogP contribution in [0, 0.1) is 0 Å². The summed E-state index contributed by atoms with van der Waals surface area (Å²) in [5.41, 5.74) is 13.0. The van der Waals surface area contributed by atoms with Crippen molar-refractivity contribution >= 4 is 23.2 Å². The number of hydrogen-bond acceptors (Lipinski definition) is 7. The molecule has 0 radical (unpaired) electrons. The fourth-order valence-corrected chi connectivity index (χ4v) is 7.56. The van der Waals surface area contributed by atoms with Crippen molar-refractivity contribution in [2.45, 2.75) is 95.5 Å². The number of rotatable bonds is 17. The molecule has 54 heavy (non-hydrogen) atoms. The zero-order chi connectivity index (χ0) is 37.7. The van der Waals surface area contributed by atoms with E-state index < -0.39 is 6.29 Å². The number of hydrogen-bond donors (Lipinski definition) is 4. The van der Waals surface area contributed by atoms with Crippen molar-refractivity contribution in [2.75, 3.05) is 24.1 Å². The van der Waals surface area contributed by atoms with Crippen LogP contribution in [0.5, 0.6) is 0 Å². The lowest BCUT2D eigenvalue weighted by Crippen LogP contribution is -2.43. The first-order valence-corrected chi connectivity index (χ1v) is 19.3. The van der Waals surface area contributed by atoms with Gasteiger partial charge in [0, 0.05) is 50.5 Å². The maximum atomic E-state index is 12.8. The van der Waals surface area contributed by atoms with Crippen LogP contribution in [0.25, 0.3) is 11.1 Å². The first-order valence-electron chi connectivity index (χ1n) is 19.3. The molecule has 2 fully saturated rings. The zero-order valence-electron chi connectivity index (χ0n) is 31.1. The first-order chi connectivity index (χ1) is 26.4. The second-order valence-corrected chi connectivity index (χ2v) is 14.4. The van der Waals surface area contributed by atoms with Crippen molar-refractivity contribution in [3.63, 3.8) is 0 Å². The number of amides is 2. The standard InChI is InChI=1S/C45H54N4O5/c1-2-27-49(37-12-4-5-13-37)30-38-28-42(34-21-19-32(31-50)20-22-34)54-45(53-38)35-25-23-33(24-26-35)39-14-6-3-11-36(39)29-47-43(51)17-9-10-18-44(52)48-41-16-8-7-15-40(41)46/h2-3,6-8,11,14-16,19-26,37-38,42,45,50H,1,4-5,9-10,12-13,17-18,27-31,46H2,(H,47,51)(H,48,52)/t38-,42+,45+/m1/s1. The van der Waals surface area contributed by atoms with Gasteiger partial charge >= 0.3 is 0 Å². The molecule has 0 unspecified atom stereocenters. The molecule has 2 amide bonds. The number of benzene rings is 4. The summed E-state index contributed by atoms with van der Waals surface area (Å²) in [6.07, 6.45) is 8.88. The molecule has 3 atom stereocenters. The Balaban J connectivity index is 1.07. The van der Waals surface area contributed by atoms with Gasteiger partial charge in [-0.25, -0.2) is 0 Å². The minimum Gasteiger partial charge on any atom is -0.397 e. The first kappa shape index (κ1) is 38.9. The molecule has 4 aromatic rings. The molecule has 0 bridgehead atoms. The molecule has 4 aromatic carbocycles. The van der Waals surface area contributed by atoms with E-state index in [1.165, 1.54) is 25.7 Å². The number of ether oxygens (including phenoxy) is 2. The van der Waals surface area contributed by atoms with Crippen LogP contribution in [0.15, 0.2) is 110 Å². The fourth-order valence-electron chi connectivity index (χ4n) is 7.56. The molecular weight excluding hydrogens is 677 g/mol. The van der Waals surface area contributed by atoms with E-state index in [0.29, 0.717) is 49.6 Å². The van der Waals surface area contributed by atoms with Crippen molar-refractivity contribution in [1.82, 2.24) is 10.2 Å². The van der Waals surface area contributed by atoms with E-state index in [-0.39, 0.29) is 30.6 Å². The monoisotopic (exact) mass is 730 g/mol. The van der Waals surface area contributed by atoms with E-state index >= 15 is 0 Å². The number of nitrogen functional groups attached to an aromatic ring is 1. The third kappa shape index (κ3) is 10.7. The Morgan fingerprint density at radius 3 is 2.26 bits per heavy atom. The van der Waals surface area contributed by atoms with Gasteiger partial charge in [0.15, 0.2) is 6.29 Å². The summed E-state index contributed by atoms with van der Waals surface area (Å²) < 4.78 is 13.4. The molecule has 0 aromatic heterocycles. The average molecular weight is 731 g/mol. The van der Waals surface area contributed by atoms with E-state index in [9.17, 15) is 14.7 Å². The number of nitrogens with two attached hydrogens (primary N) is 1. The normalized spacial score (nSPS) is 18.7. The van der Waals surface area contributed by atoms with Crippen molar-refractivity contribution in [3.05, 3.63) is 132 Å². The topological polar surface area (TPSA) is 126 Å². The van der Waals surface area contributed by atoms with Gasteiger partial charge in [-0.15, -0.1) is 6.58 Å². The van der Waals surface area contributed by atoms with E-state index in [2.05, 4.69) is 64.6 Å². The predicted molar refractivity (Wildman–Crippen MR) is 214 cm³/mol. The molecule has 5 N–H and O–H groups in total. The highest BCUT2D eigenvalue weighted by atomic mass is 16.7. The van der Waals surface area contributed by atoms with Crippen LogP contribution in [0.4, 0.5) is 11.4 Å². The highest BCUT2D eigenvalue weighted by Crippen LogP contribution is 2.39. The Kier molecular flexibility index (Phi) is 14.1. The Morgan fingerprint density at radius 1 is 0.852 bits per heavy atom. The summed E-state index contributed by atoms with van der Waals surface area (Å²) in [5, 5.41) is 15.5. The van der Waals surface area contributed by atoms with Crippen molar-refractivity contribution < 1.29 is 24.2 Å². The Hall–Kier alpha value is -4.80. The largest absolute Gasteiger partial charge is 0.397 e. The quantitative estimate of drug-likeness (QED) is 0.0490. The van der Waals surface area contributed by atoms with Gasteiger partial charge in [-0.3, -0.25) is 14.5 Å². The second-order valence-electron chi connectivity index (χ2n) is 14.4. The number of anilines is 2. The lowest BCUT2D eigenvalue weighted by atomic mass is 9.97. The van der Waals surface area contributed by atoms with Gasteiger partial charge in [-0.05, 0) is 65.6 Å². The smallest absolute Gasteiger partial charge is 0.224 e. The molecule has 1 saturated carbocycles. The van der Waals surface area contributed by atoms with Gasteiger partial charge in [0.1, 0.15) is 0 Å². The van der Waals surface area contributed by atoms with Crippen molar-refractivity contribution in [3.8, 4) is 11.1 Å². The van der Waals surface area contributed by atoms with Crippen LogP contribution < -0.4 is 16.4 Å². The van der Waals surface area contributed by atoms with Gasteiger partial charge in [-0.1, -0.05) is 104 Å². The summed E-state index contributed by atoms with van der Waals surface area (Å²) in [5.74, 6) is -0.160. The molecule has 6 rings (SSSR count). The number of aliphatic hydroxyl groups is 1. The van der Waals surface area contributed by atoms with Crippen LogP contribution in [0.1, 0.15) is 92.4 Å². The molecule has 0 spiro atoms.